The van der Waals surface area contributed by atoms with Gasteiger partial charge in [-0.15, -0.1) is 0 Å². The lowest BCUT2D eigenvalue weighted by Crippen LogP contribution is -2.40. The minimum Gasteiger partial charge on any atom is -0.372 e. The van der Waals surface area contributed by atoms with Crippen LogP contribution in [0.15, 0.2) is 39.6 Å². The molecular weight excluding hydrogens is 356 g/mol. The fraction of sp³-hybridized carbons (Fsp3) is 0.381. The van der Waals surface area contributed by atoms with E-state index in [1.807, 2.05) is 31.2 Å². The Morgan fingerprint density at radius 1 is 1.04 bits per heavy atom. The molecule has 2 heterocycles. The van der Waals surface area contributed by atoms with Gasteiger partial charge in [-0.2, -0.15) is 0 Å². The van der Waals surface area contributed by atoms with Crippen LogP contribution in [-0.4, -0.2) is 28.0 Å². The van der Waals surface area contributed by atoms with E-state index in [0.29, 0.717) is 24.5 Å². The van der Waals surface area contributed by atoms with Crippen LogP contribution in [0, 0.1) is 0 Å². The molecule has 2 aromatic rings. The average Bonchev–Trinajstić information content (AvgIpc) is 3.02. The molecule has 0 amide bonds. The molecule has 0 spiro atoms. The normalized spacial score (nSPS) is 14.3. The van der Waals surface area contributed by atoms with Crippen molar-refractivity contribution in [3.8, 4) is 0 Å². The predicted octanol–water partition coefficient (Wildman–Crippen LogP) is 2.45. The fourth-order valence-corrected chi connectivity index (χ4v) is 3.49. The van der Waals surface area contributed by atoms with E-state index in [4.69, 9.17) is 0 Å². The molecular formula is C21H26N4O3. The minimum atomic E-state index is -0.565. The smallest absolute Gasteiger partial charge is 0.332 e. The van der Waals surface area contributed by atoms with Crippen LogP contribution in [0.2, 0.25) is 0 Å². The van der Waals surface area contributed by atoms with Gasteiger partial charge >= 0.3 is 5.69 Å². The zero-order valence-corrected chi connectivity index (χ0v) is 16.8. The Balaban J connectivity index is 2.00. The third-order valence-corrected chi connectivity index (χ3v) is 5.05. The number of fused-ring (bicyclic) bond motifs is 1. The Morgan fingerprint density at radius 2 is 1.68 bits per heavy atom. The SMILES string of the molecule is CCCn1c2c(c(=O)n(C)c1=O)C(=O)/C(=C/c1ccc(N(CC)CC)cc1)N2. The topological polar surface area (TPSA) is 76.3 Å². The summed E-state index contributed by atoms with van der Waals surface area (Å²) in [7, 11) is 1.40. The molecule has 148 valence electrons. The van der Waals surface area contributed by atoms with Crippen molar-refractivity contribution >= 4 is 23.4 Å². The highest BCUT2D eigenvalue weighted by Gasteiger charge is 2.32. The lowest BCUT2D eigenvalue weighted by Gasteiger charge is -2.20. The van der Waals surface area contributed by atoms with E-state index in [-0.39, 0.29) is 11.3 Å². The average molecular weight is 382 g/mol. The summed E-state index contributed by atoms with van der Waals surface area (Å²) >= 11 is 0. The molecule has 28 heavy (non-hydrogen) atoms. The van der Waals surface area contributed by atoms with E-state index in [2.05, 4.69) is 24.1 Å². The van der Waals surface area contributed by atoms with Crippen LogP contribution in [0.3, 0.4) is 0 Å². The van der Waals surface area contributed by atoms with Gasteiger partial charge in [-0.3, -0.25) is 18.7 Å². The van der Waals surface area contributed by atoms with Crippen LogP contribution < -0.4 is 21.5 Å². The first-order chi connectivity index (χ1) is 13.4. The molecule has 1 N–H and O–H groups in total. The summed E-state index contributed by atoms with van der Waals surface area (Å²) in [5, 5.41) is 3.01. The number of Topliss-reactive ketones (excluding diaryl/α,β-unsaturated/α-hetero) is 1. The first kappa shape index (κ1) is 19.7. The lowest BCUT2D eigenvalue weighted by atomic mass is 10.1. The molecule has 1 aromatic carbocycles. The molecule has 0 bridgehead atoms. The second kappa shape index (κ2) is 7.88. The Morgan fingerprint density at radius 3 is 2.25 bits per heavy atom. The van der Waals surface area contributed by atoms with Crippen molar-refractivity contribution in [2.24, 2.45) is 7.05 Å². The number of allylic oxidation sites excluding steroid dienone is 1. The molecule has 0 fully saturated rings. The molecule has 0 saturated heterocycles. The molecule has 1 aliphatic rings. The van der Waals surface area contributed by atoms with Gasteiger partial charge in [0, 0.05) is 32.4 Å². The summed E-state index contributed by atoms with van der Waals surface area (Å²) < 4.78 is 2.45. The van der Waals surface area contributed by atoms with Crippen molar-refractivity contribution in [2.75, 3.05) is 23.3 Å². The van der Waals surface area contributed by atoms with Crippen LogP contribution in [0.25, 0.3) is 6.08 Å². The second-order valence-electron chi connectivity index (χ2n) is 6.80. The maximum absolute atomic E-state index is 12.8. The largest absolute Gasteiger partial charge is 0.372 e. The van der Waals surface area contributed by atoms with Gasteiger partial charge in [0.15, 0.2) is 0 Å². The fourth-order valence-electron chi connectivity index (χ4n) is 3.49. The minimum absolute atomic E-state index is 0.0292. The molecule has 0 unspecified atom stereocenters. The number of nitrogens with zero attached hydrogens (tertiary/aromatic N) is 3. The summed E-state index contributed by atoms with van der Waals surface area (Å²) in [5.74, 6) is -0.0840. The summed E-state index contributed by atoms with van der Waals surface area (Å²) in [6.45, 7) is 8.42. The number of ketones is 1. The standard InChI is InChI=1S/C21H26N4O3/c1-5-12-25-19-17(20(27)23(4)21(25)28)18(26)16(22-19)13-14-8-10-15(11-9-14)24(6-2)7-3/h8-11,13,22H,5-7,12H2,1-4H3/b16-13-. The Kier molecular flexibility index (Phi) is 5.53. The van der Waals surface area contributed by atoms with E-state index in [1.165, 1.54) is 11.6 Å². The monoisotopic (exact) mass is 382 g/mol. The molecule has 0 aliphatic carbocycles. The second-order valence-corrected chi connectivity index (χ2v) is 6.80. The maximum atomic E-state index is 12.8. The van der Waals surface area contributed by atoms with Crippen LogP contribution in [0.5, 0.6) is 0 Å². The van der Waals surface area contributed by atoms with E-state index >= 15 is 0 Å². The number of nitrogens with one attached hydrogen (secondary N) is 1. The highest BCUT2D eigenvalue weighted by molar-refractivity contribution is 6.19. The Bertz CT molecular complexity index is 1040. The van der Waals surface area contributed by atoms with Crippen molar-refractivity contribution in [1.29, 1.82) is 0 Å². The van der Waals surface area contributed by atoms with E-state index in [1.54, 1.807) is 6.08 Å². The third-order valence-electron chi connectivity index (χ3n) is 5.05. The molecule has 1 aromatic heterocycles. The molecule has 3 rings (SSSR count). The molecule has 0 radical (unpaired) electrons. The van der Waals surface area contributed by atoms with Crippen molar-refractivity contribution in [3.63, 3.8) is 0 Å². The summed E-state index contributed by atoms with van der Waals surface area (Å²) in [6, 6.07) is 7.90. The number of hydrogen-bond acceptors (Lipinski definition) is 5. The lowest BCUT2D eigenvalue weighted by molar-refractivity contribution is 0.104. The van der Waals surface area contributed by atoms with Gasteiger partial charge in [0.2, 0.25) is 5.78 Å². The first-order valence-electron chi connectivity index (χ1n) is 9.65. The molecule has 1 aliphatic heterocycles. The summed E-state index contributed by atoms with van der Waals surface area (Å²) in [5.41, 5.74) is 1.31. The highest BCUT2D eigenvalue weighted by atomic mass is 16.2. The number of rotatable bonds is 6. The number of carbonyl (C=O) groups excluding carboxylic acids is 1. The molecule has 7 nitrogen and oxygen atoms in total. The summed E-state index contributed by atoms with van der Waals surface area (Å²) in [4.78, 5) is 40.0. The molecule has 7 heteroatoms. The van der Waals surface area contributed by atoms with Crippen LogP contribution in [0.4, 0.5) is 11.5 Å². The van der Waals surface area contributed by atoms with Gasteiger partial charge in [0.25, 0.3) is 5.56 Å². The Hall–Kier alpha value is -3.09. The van der Waals surface area contributed by atoms with E-state index in [0.717, 1.165) is 28.9 Å². The Labute approximate surface area is 163 Å². The number of carbonyl (C=O) groups is 1. The highest BCUT2D eigenvalue weighted by Crippen LogP contribution is 2.26. The maximum Gasteiger partial charge on any atom is 0.332 e. The van der Waals surface area contributed by atoms with Crippen molar-refractivity contribution < 1.29 is 4.79 Å². The van der Waals surface area contributed by atoms with Gasteiger partial charge in [-0.1, -0.05) is 19.1 Å². The van der Waals surface area contributed by atoms with Crippen molar-refractivity contribution in [3.05, 3.63) is 61.9 Å². The van der Waals surface area contributed by atoms with Crippen LogP contribution >= 0.6 is 0 Å². The van der Waals surface area contributed by atoms with E-state index < -0.39 is 11.2 Å². The number of benzene rings is 1. The predicted molar refractivity (Wildman–Crippen MR) is 112 cm³/mol. The van der Waals surface area contributed by atoms with Crippen molar-refractivity contribution in [2.45, 2.75) is 33.7 Å². The van der Waals surface area contributed by atoms with Gasteiger partial charge < -0.3 is 10.2 Å². The van der Waals surface area contributed by atoms with Gasteiger partial charge in [-0.25, -0.2) is 4.79 Å². The zero-order chi connectivity index (χ0) is 20.4. The summed E-state index contributed by atoms with van der Waals surface area (Å²) in [6.07, 6.45) is 2.43. The molecule has 0 atom stereocenters. The number of aromatic nitrogens is 2. The quantitative estimate of drug-likeness (QED) is 0.777. The third kappa shape index (κ3) is 3.28. The van der Waals surface area contributed by atoms with Gasteiger partial charge in [0.1, 0.15) is 11.4 Å². The zero-order valence-electron chi connectivity index (χ0n) is 16.8. The van der Waals surface area contributed by atoms with Gasteiger partial charge in [0.05, 0.1) is 5.70 Å². The van der Waals surface area contributed by atoms with Crippen molar-refractivity contribution in [1.82, 2.24) is 9.13 Å². The first-order valence-corrected chi connectivity index (χ1v) is 9.65. The van der Waals surface area contributed by atoms with Gasteiger partial charge in [-0.05, 0) is 44.0 Å². The number of anilines is 2. The molecule has 0 saturated carbocycles. The van der Waals surface area contributed by atoms with E-state index in [9.17, 15) is 14.4 Å². The van der Waals surface area contributed by atoms with Crippen LogP contribution in [0.1, 0.15) is 43.1 Å². The number of hydrogen-bond donors (Lipinski definition) is 1. The van der Waals surface area contributed by atoms with Crippen LogP contribution in [-0.2, 0) is 13.6 Å².